The normalized spacial score (nSPS) is 28.9. The second-order valence-electron chi connectivity index (χ2n) is 4.49. The average molecular weight is 220 g/mol. The number of carbonyl (C=O) groups excluding carboxylic acids is 1. The van der Waals surface area contributed by atoms with Crippen LogP contribution >= 0.6 is 0 Å². The zero-order valence-corrected chi connectivity index (χ0v) is 9.82. The maximum atomic E-state index is 11.4. The van der Waals surface area contributed by atoms with E-state index in [0.717, 1.165) is 17.7 Å². The van der Waals surface area contributed by atoms with Gasteiger partial charge in [0.1, 0.15) is 11.4 Å². The number of hydrogen-bond donors (Lipinski definition) is 0. The molecule has 1 saturated heterocycles. The van der Waals surface area contributed by atoms with Crippen LogP contribution in [0.2, 0.25) is 0 Å². The first-order valence-corrected chi connectivity index (χ1v) is 5.42. The fraction of sp³-hybridized carbons (Fsp3) is 0.462. The van der Waals surface area contributed by atoms with Gasteiger partial charge in [0, 0.05) is 6.42 Å². The van der Waals surface area contributed by atoms with Gasteiger partial charge in [-0.15, -0.1) is 0 Å². The van der Waals surface area contributed by atoms with Crippen molar-refractivity contribution in [3.63, 3.8) is 0 Å². The third-order valence-electron chi connectivity index (χ3n) is 3.12. The highest BCUT2D eigenvalue weighted by Crippen LogP contribution is 2.39. The van der Waals surface area contributed by atoms with Crippen molar-refractivity contribution in [1.82, 2.24) is 0 Å². The summed E-state index contributed by atoms with van der Waals surface area (Å²) >= 11 is 0. The highest BCUT2D eigenvalue weighted by molar-refractivity contribution is 5.75. The smallest absolute Gasteiger partial charge is 0.309 e. The fourth-order valence-electron chi connectivity index (χ4n) is 2.15. The number of cyclic esters (lactones) is 1. The molecule has 1 heterocycles. The first-order valence-electron chi connectivity index (χ1n) is 5.42. The third-order valence-corrected chi connectivity index (χ3v) is 3.12. The number of benzene rings is 1. The molecule has 1 aliphatic heterocycles. The number of carbonyl (C=O) groups is 1. The van der Waals surface area contributed by atoms with Crippen molar-refractivity contribution in [2.45, 2.75) is 25.9 Å². The van der Waals surface area contributed by atoms with Crippen LogP contribution in [0, 0.1) is 5.92 Å². The molecule has 0 unspecified atom stereocenters. The summed E-state index contributed by atoms with van der Waals surface area (Å²) in [5, 5.41) is 0. The summed E-state index contributed by atoms with van der Waals surface area (Å²) in [4.78, 5) is 11.4. The van der Waals surface area contributed by atoms with E-state index in [9.17, 15) is 4.79 Å². The van der Waals surface area contributed by atoms with E-state index < -0.39 is 5.60 Å². The molecular weight excluding hydrogens is 204 g/mol. The Morgan fingerprint density at radius 1 is 1.38 bits per heavy atom. The largest absolute Gasteiger partial charge is 0.497 e. The van der Waals surface area contributed by atoms with Crippen LogP contribution in [0.1, 0.15) is 25.8 Å². The quantitative estimate of drug-likeness (QED) is 0.718. The van der Waals surface area contributed by atoms with E-state index in [1.54, 1.807) is 7.11 Å². The van der Waals surface area contributed by atoms with Crippen LogP contribution in [-0.2, 0) is 15.1 Å². The van der Waals surface area contributed by atoms with Gasteiger partial charge in [-0.3, -0.25) is 4.79 Å². The maximum Gasteiger partial charge on any atom is 0.309 e. The molecule has 0 radical (unpaired) electrons. The lowest BCUT2D eigenvalue weighted by atomic mass is 9.89. The van der Waals surface area contributed by atoms with Gasteiger partial charge in [-0.1, -0.05) is 19.1 Å². The van der Waals surface area contributed by atoms with Crippen LogP contribution in [0.25, 0.3) is 0 Å². The lowest BCUT2D eigenvalue weighted by molar-refractivity contribution is -0.149. The molecule has 3 heteroatoms. The van der Waals surface area contributed by atoms with Crippen LogP contribution in [0.5, 0.6) is 5.75 Å². The van der Waals surface area contributed by atoms with Gasteiger partial charge in [0.05, 0.1) is 13.0 Å². The van der Waals surface area contributed by atoms with Gasteiger partial charge in [0.2, 0.25) is 0 Å². The molecule has 16 heavy (non-hydrogen) atoms. The van der Waals surface area contributed by atoms with Crippen LogP contribution < -0.4 is 4.74 Å². The van der Waals surface area contributed by atoms with Gasteiger partial charge in [-0.05, 0) is 24.6 Å². The monoisotopic (exact) mass is 220 g/mol. The number of ether oxygens (including phenoxy) is 2. The first-order chi connectivity index (χ1) is 7.55. The van der Waals surface area contributed by atoms with Gasteiger partial charge < -0.3 is 9.47 Å². The van der Waals surface area contributed by atoms with Crippen LogP contribution in [-0.4, -0.2) is 13.1 Å². The summed E-state index contributed by atoms with van der Waals surface area (Å²) in [6.07, 6.45) is 0.734. The van der Waals surface area contributed by atoms with Gasteiger partial charge in [0.25, 0.3) is 0 Å². The summed E-state index contributed by atoms with van der Waals surface area (Å²) in [5.74, 6) is 0.676. The minimum absolute atomic E-state index is 0.0212. The summed E-state index contributed by atoms with van der Waals surface area (Å²) in [6, 6.07) is 7.67. The van der Waals surface area contributed by atoms with Gasteiger partial charge in [-0.25, -0.2) is 0 Å². The second kappa shape index (κ2) is 3.81. The minimum Gasteiger partial charge on any atom is -0.497 e. The van der Waals surface area contributed by atoms with Crippen LogP contribution in [0.4, 0.5) is 0 Å². The van der Waals surface area contributed by atoms with Crippen molar-refractivity contribution in [3.8, 4) is 5.75 Å². The Morgan fingerprint density at radius 3 is 2.44 bits per heavy atom. The van der Waals surface area contributed by atoms with E-state index >= 15 is 0 Å². The molecule has 86 valence electrons. The van der Waals surface area contributed by atoms with Gasteiger partial charge in [0.15, 0.2) is 0 Å². The van der Waals surface area contributed by atoms with Crippen molar-refractivity contribution >= 4 is 5.97 Å². The van der Waals surface area contributed by atoms with E-state index in [0.29, 0.717) is 0 Å². The highest BCUT2D eigenvalue weighted by Gasteiger charge is 2.42. The van der Waals surface area contributed by atoms with E-state index in [1.165, 1.54) is 0 Å². The summed E-state index contributed by atoms with van der Waals surface area (Å²) in [5.41, 5.74) is 0.536. The molecule has 1 fully saturated rings. The van der Waals surface area contributed by atoms with Crippen molar-refractivity contribution in [1.29, 1.82) is 0 Å². The predicted molar refractivity (Wildman–Crippen MR) is 60.2 cm³/mol. The molecular formula is C13H16O3. The SMILES string of the molecule is COc1ccc([C@]2(C)C[C@@H](C)C(=O)O2)cc1. The predicted octanol–water partition coefficient (Wildman–Crippen LogP) is 2.49. The van der Waals surface area contributed by atoms with Crippen molar-refractivity contribution in [3.05, 3.63) is 29.8 Å². The Bertz CT molecular complexity index is 396. The second-order valence-corrected chi connectivity index (χ2v) is 4.49. The molecule has 1 aromatic carbocycles. The molecule has 0 N–H and O–H groups in total. The summed E-state index contributed by atoms with van der Waals surface area (Å²) in [6.45, 7) is 3.85. The van der Waals surface area contributed by atoms with E-state index in [4.69, 9.17) is 9.47 Å². The topological polar surface area (TPSA) is 35.5 Å². The van der Waals surface area contributed by atoms with Crippen LogP contribution in [0.3, 0.4) is 0 Å². The molecule has 0 aliphatic carbocycles. The first kappa shape index (κ1) is 11.0. The van der Waals surface area contributed by atoms with Crippen LogP contribution in [0.15, 0.2) is 24.3 Å². The fourth-order valence-corrected chi connectivity index (χ4v) is 2.15. The molecule has 0 spiro atoms. The van der Waals surface area contributed by atoms with E-state index in [1.807, 2.05) is 38.1 Å². The summed E-state index contributed by atoms with van der Waals surface area (Å²) in [7, 11) is 1.63. The van der Waals surface area contributed by atoms with E-state index in [-0.39, 0.29) is 11.9 Å². The molecule has 2 atom stereocenters. The Labute approximate surface area is 95.4 Å². The minimum atomic E-state index is -0.483. The van der Waals surface area contributed by atoms with Crippen molar-refractivity contribution < 1.29 is 14.3 Å². The molecule has 0 bridgehead atoms. The highest BCUT2D eigenvalue weighted by atomic mass is 16.6. The molecule has 1 aliphatic rings. The zero-order valence-electron chi connectivity index (χ0n) is 9.82. The molecule has 0 amide bonds. The Morgan fingerprint density at radius 2 is 2.00 bits per heavy atom. The molecule has 3 nitrogen and oxygen atoms in total. The lowest BCUT2D eigenvalue weighted by Crippen LogP contribution is -2.20. The average Bonchev–Trinajstić information content (AvgIpc) is 2.54. The van der Waals surface area contributed by atoms with Crippen molar-refractivity contribution in [2.75, 3.05) is 7.11 Å². The number of esters is 1. The zero-order chi connectivity index (χ0) is 11.8. The van der Waals surface area contributed by atoms with Gasteiger partial charge in [-0.2, -0.15) is 0 Å². The molecule has 1 aromatic rings. The Kier molecular flexibility index (Phi) is 2.62. The molecule has 0 saturated carbocycles. The maximum absolute atomic E-state index is 11.4. The Balaban J connectivity index is 2.26. The standard InChI is InChI=1S/C13H16O3/c1-9-8-13(2,16-12(9)14)10-4-6-11(15-3)7-5-10/h4-7,9H,8H2,1-3H3/t9-,13+/m1/s1. The number of hydrogen-bond acceptors (Lipinski definition) is 3. The molecule has 2 rings (SSSR count). The lowest BCUT2D eigenvalue weighted by Gasteiger charge is -2.23. The third kappa shape index (κ3) is 1.77. The van der Waals surface area contributed by atoms with Crippen molar-refractivity contribution in [2.24, 2.45) is 5.92 Å². The molecule has 0 aromatic heterocycles. The van der Waals surface area contributed by atoms with E-state index in [2.05, 4.69) is 0 Å². The van der Waals surface area contributed by atoms with Gasteiger partial charge >= 0.3 is 5.97 Å². The Hall–Kier alpha value is -1.51. The number of methoxy groups -OCH3 is 1. The summed E-state index contributed by atoms with van der Waals surface area (Å²) < 4.78 is 10.5. The number of rotatable bonds is 2.